The van der Waals surface area contributed by atoms with E-state index >= 15 is 0 Å². The van der Waals surface area contributed by atoms with Crippen molar-refractivity contribution in [3.8, 4) is 5.75 Å². The number of carbonyl (C=O) groups is 3. The van der Waals surface area contributed by atoms with Crippen LogP contribution in [0.25, 0.3) is 11.0 Å². The third-order valence-electron chi connectivity index (χ3n) is 6.12. The average molecular weight is 537 g/mol. The molecule has 0 unspecified atom stereocenters. The number of carboxylic acids is 1. The Kier molecular flexibility index (Phi) is 8.99. The summed E-state index contributed by atoms with van der Waals surface area (Å²) in [6.07, 6.45) is 4.93. The third-order valence-corrected chi connectivity index (χ3v) is 7.45. The van der Waals surface area contributed by atoms with E-state index in [1.165, 1.54) is 23.5 Å². The second-order valence-corrected chi connectivity index (χ2v) is 11.2. The van der Waals surface area contributed by atoms with Crippen molar-refractivity contribution in [1.82, 2.24) is 10.6 Å². The molecular formula is C25H32N2O7S2. The zero-order chi connectivity index (χ0) is 26.6. The Balaban J connectivity index is 1.81. The molecular weight excluding hydrogens is 504 g/mol. The van der Waals surface area contributed by atoms with Gasteiger partial charge in [-0.15, -0.1) is 0 Å². The number of amides is 2. The largest absolute Gasteiger partial charge is 0.487 e. The standard InChI is InChI=1S/C25H32N2O7S2/c1-13-15-8-14-6-7-25(2,3)34-19(14)10-20(15)33-24(32)16(13)9-21(28)26-17(11-35-4)22(29)27-18(12-36-5)23(30)31/h8,10,17-18H,6-7,9,11-12H2,1-5H3,(H,26,28)(H,27,29)(H,30,31)/t17-,18-/m1/s1. The molecule has 196 valence electrons. The number of rotatable bonds is 10. The number of aliphatic carboxylic acids is 1. The van der Waals surface area contributed by atoms with Gasteiger partial charge in [0.15, 0.2) is 0 Å². The molecule has 3 rings (SSSR count). The Morgan fingerprint density at radius 2 is 1.78 bits per heavy atom. The van der Waals surface area contributed by atoms with E-state index in [9.17, 15) is 24.3 Å². The summed E-state index contributed by atoms with van der Waals surface area (Å²) in [7, 11) is 0. The summed E-state index contributed by atoms with van der Waals surface area (Å²) in [6.45, 7) is 5.80. The van der Waals surface area contributed by atoms with Crippen molar-refractivity contribution in [2.24, 2.45) is 0 Å². The van der Waals surface area contributed by atoms with Crippen LogP contribution in [-0.4, -0.2) is 64.6 Å². The SMILES string of the molecule is CSC[C@@H](NC(=O)[C@@H](CSC)NC(=O)Cc1c(C)c2cc3c(cc2oc1=O)OC(C)(C)CC3)C(=O)O. The molecule has 11 heteroatoms. The first-order chi connectivity index (χ1) is 17.0. The molecule has 3 N–H and O–H groups in total. The molecule has 1 aliphatic heterocycles. The fourth-order valence-corrected chi connectivity index (χ4v) is 5.24. The molecule has 2 aromatic rings. The van der Waals surface area contributed by atoms with E-state index in [0.717, 1.165) is 23.8 Å². The number of thioether (sulfide) groups is 2. The normalized spacial score (nSPS) is 15.9. The first-order valence-electron chi connectivity index (χ1n) is 11.5. The molecule has 0 aliphatic carbocycles. The first kappa shape index (κ1) is 27.9. The lowest BCUT2D eigenvalue weighted by Gasteiger charge is -2.32. The van der Waals surface area contributed by atoms with Crippen molar-refractivity contribution >= 4 is 52.3 Å². The molecule has 2 amide bonds. The molecule has 1 aromatic carbocycles. The number of hydrogen-bond acceptors (Lipinski definition) is 8. The molecule has 9 nitrogen and oxygen atoms in total. The molecule has 2 atom stereocenters. The number of ether oxygens (including phenoxy) is 1. The van der Waals surface area contributed by atoms with Gasteiger partial charge in [0.2, 0.25) is 11.8 Å². The summed E-state index contributed by atoms with van der Waals surface area (Å²) in [5.74, 6) is -1.12. The van der Waals surface area contributed by atoms with Crippen molar-refractivity contribution < 1.29 is 28.6 Å². The van der Waals surface area contributed by atoms with Gasteiger partial charge in [0.25, 0.3) is 0 Å². The van der Waals surface area contributed by atoms with Crippen LogP contribution in [0.1, 0.15) is 37.0 Å². The zero-order valence-electron chi connectivity index (χ0n) is 21.1. The van der Waals surface area contributed by atoms with Gasteiger partial charge in [-0.3, -0.25) is 9.59 Å². The Hall–Kier alpha value is -2.66. The van der Waals surface area contributed by atoms with Crippen LogP contribution in [0.2, 0.25) is 0 Å². The van der Waals surface area contributed by atoms with Gasteiger partial charge in [-0.25, -0.2) is 9.59 Å². The van der Waals surface area contributed by atoms with Gasteiger partial charge in [0, 0.05) is 23.0 Å². The summed E-state index contributed by atoms with van der Waals surface area (Å²) >= 11 is 2.63. The predicted octanol–water partition coefficient (Wildman–Crippen LogP) is 2.53. The van der Waals surface area contributed by atoms with E-state index in [1.54, 1.807) is 25.5 Å². The minimum absolute atomic E-state index is 0.199. The monoisotopic (exact) mass is 536 g/mol. The lowest BCUT2D eigenvalue weighted by molar-refractivity contribution is -0.141. The van der Waals surface area contributed by atoms with Gasteiger partial charge in [0.1, 0.15) is 29.0 Å². The fourth-order valence-electron chi connectivity index (χ4n) is 4.11. The Morgan fingerprint density at radius 3 is 2.42 bits per heavy atom. The molecule has 2 heterocycles. The maximum atomic E-state index is 12.9. The van der Waals surface area contributed by atoms with E-state index in [0.29, 0.717) is 16.9 Å². The van der Waals surface area contributed by atoms with Crippen LogP contribution in [0.5, 0.6) is 5.75 Å². The summed E-state index contributed by atoms with van der Waals surface area (Å²) in [4.78, 5) is 49.8. The van der Waals surface area contributed by atoms with Crippen LogP contribution in [0.3, 0.4) is 0 Å². The predicted molar refractivity (Wildman–Crippen MR) is 142 cm³/mol. The van der Waals surface area contributed by atoms with E-state index in [2.05, 4.69) is 10.6 Å². The number of benzene rings is 1. The Morgan fingerprint density at radius 1 is 1.11 bits per heavy atom. The Labute approximate surface area is 218 Å². The van der Waals surface area contributed by atoms with Gasteiger partial charge in [-0.2, -0.15) is 23.5 Å². The van der Waals surface area contributed by atoms with Crippen LogP contribution in [0.4, 0.5) is 0 Å². The highest BCUT2D eigenvalue weighted by molar-refractivity contribution is 7.98. The average Bonchev–Trinajstić information content (AvgIpc) is 2.79. The number of nitrogens with one attached hydrogen (secondary N) is 2. The van der Waals surface area contributed by atoms with Gasteiger partial charge < -0.3 is 24.9 Å². The number of carboxylic acid groups (broad SMARTS) is 1. The zero-order valence-corrected chi connectivity index (χ0v) is 22.7. The van der Waals surface area contributed by atoms with E-state index in [4.69, 9.17) is 9.15 Å². The van der Waals surface area contributed by atoms with Crippen molar-refractivity contribution in [2.75, 3.05) is 24.0 Å². The van der Waals surface area contributed by atoms with Crippen LogP contribution in [0.15, 0.2) is 21.3 Å². The molecule has 1 aromatic heterocycles. The van der Waals surface area contributed by atoms with Gasteiger partial charge >= 0.3 is 11.6 Å². The summed E-state index contributed by atoms with van der Waals surface area (Å²) < 4.78 is 11.6. The quantitative estimate of drug-likeness (QED) is 0.392. The van der Waals surface area contributed by atoms with E-state index in [1.807, 2.05) is 19.9 Å². The van der Waals surface area contributed by atoms with Crippen LogP contribution in [-0.2, 0) is 27.2 Å². The highest BCUT2D eigenvalue weighted by atomic mass is 32.2. The minimum atomic E-state index is -1.15. The van der Waals surface area contributed by atoms with Gasteiger partial charge in [-0.05, 0) is 63.3 Å². The molecule has 0 radical (unpaired) electrons. The second-order valence-electron chi connectivity index (χ2n) is 9.42. The molecule has 36 heavy (non-hydrogen) atoms. The number of fused-ring (bicyclic) bond motifs is 2. The molecule has 0 spiro atoms. The Bertz CT molecular complexity index is 1230. The fraction of sp³-hybridized carbons (Fsp3) is 0.520. The minimum Gasteiger partial charge on any atom is -0.487 e. The maximum absolute atomic E-state index is 12.9. The third kappa shape index (κ3) is 6.56. The maximum Gasteiger partial charge on any atom is 0.340 e. The lowest BCUT2D eigenvalue weighted by atomic mass is 9.92. The molecule has 1 aliphatic rings. The number of hydrogen-bond donors (Lipinski definition) is 3. The topological polar surface area (TPSA) is 135 Å². The molecule has 0 bridgehead atoms. The highest BCUT2D eigenvalue weighted by Crippen LogP contribution is 2.36. The van der Waals surface area contributed by atoms with E-state index in [-0.39, 0.29) is 29.1 Å². The van der Waals surface area contributed by atoms with E-state index < -0.39 is 35.5 Å². The van der Waals surface area contributed by atoms with Crippen LogP contribution < -0.4 is 21.0 Å². The summed E-state index contributed by atoms with van der Waals surface area (Å²) in [6, 6.07) is 1.66. The molecule has 0 fully saturated rings. The molecule has 0 saturated heterocycles. The summed E-state index contributed by atoms with van der Waals surface area (Å²) in [5.41, 5.74) is 1.34. The van der Waals surface area contributed by atoms with Crippen LogP contribution >= 0.6 is 23.5 Å². The highest BCUT2D eigenvalue weighted by Gasteiger charge is 2.29. The number of carbonyl (C=O) groups excluding carboxylic acids is 2. The van der Waals surface area contributed by atoms with Crippen molar-refractivity contribution in [2.45, 2.75) is 57.7 Å². The van der Waals surface area contributed by atoms with Crippen LogP contribution in [0, 0.1) is 6.92 Å². The van der Waals surface area contributed by atoms with Crippen molar-refractivity contribution in [1.29, 1.82) is 0 Å². The lowest BCUT2D eigenvalue weighted by Crippen LogP contribution is -2.53. The first-order valence-corrected chi connectivity index (χ1v) is 14.3. The summed E-state index contributed by atoms with van der Waals surface area (Å²) in [5, 5.41) is 15.2. The second kappa shape index (κ2) is 11.6. The molecule has 0 saturated carbocycles. The van der Waals surface area contributed by atoms with Crippen molar-refractivity contribution in [3.63, 3.8) is 0 Å². The van der Waals surface area contributed by atoms with Gasteiger partial charge in [0.05, 0.1) is 12.0 Å². The van der Waals surface area contributed by atoms with Crippen molar-refractivity contribution in [3.05, 3.63) is 39.2 Å². The number of aryl methyl sites for hydroxylation is 2. The smallest absolute Gasteiger partial charge is 0.340 e. The van der Waals surface area contributed by atoms with Gasteiger partial charge in [-0.1, -0.05) is 0 Å².